The lowest BCUT2D eigenvalue weighted by Gasteiger charge is -2.46. The molecule has 1 atom stereocenters. The third-order valence-corrected chi connectivity index (χ3v) is 4.81. The van der Waals surface area contributed by atoms with E-state index in [2.05, 4.69) is 4.90 Å². The number of hydrogen-bond donors (Lipinski definition) is 1. The third-order valence-electron chi connectivity index (χ3n) is 4.81. The summed E-state index contributed by atoms with van der Waals surface area (Å²) in [5.74, 6) is 0.445. The summed E-state index contributed by atoms with van der Waals surface area (Å²) in [7, 11) is 0. The van der Waals surface area contributed by atoms with Crippen LogP contribution in [0.4, 0.5) is 4.39 Å². The summed E-state index contributed by atoms with van der Waals surface area (Å²) in [6, 6.07) is 6.10. The van der Waals surface area contributed by atoms with Crippen molar-refractivity contribution in [1.82, 2.24) is 4.90 Å². The predicted molar refractivity (Wildman–Crippen MR) is 81.5 cm³/mol. The van der Waals surface area contributed by atoms with Gasteiger partial charge in [0.1, 0.15) is 18.2 Å². The van der Waals surface area contributed by atoms with Crippen LogP contribution in [0, 0.1) is 5.82 Å². The average Bonchev–Trinajstić information content (AvgIpc) is 2.54. The second-order valence-corrected chi connectivity index (χ2v) is 6.22. The second-order valence-electron chi connectivity index (χ2n) is 6.22. The van der Waals surface area contributed by atoms with Crippen LogP contribution in [0.1, 0.15) is 25.7 Å². The molecule has 0 aliphatic carbocycles. The molecule has 0 radical (unpaired) electrons. The number of halogens is 1. The molecule has 1 spiro atoms. The van der Waals surface area contributed by atoms with Crippen LogP contribution in [0.5, 0.6) is 5.75 Å². The Hall–Kier alpha value is -1.17. The summed E-state index contributed by atoms with van der Waals surface area (Å²) >= 11 is 0. The Balaban J connectivity index is 1.41. The molecule has 0 bridgehead atoms. The van der Waals surface area contributed by atoms with E-state index in [0.29, 0.717) is 12.4 Å². The smallest absolute Gasteiger partial charge is 0.123 e. The van der Waals surface area contributed by atoms with Crippen LogP contribution in [0.25, 0.3) is 0 Å². The number of rotatable bonds is 4. The maximum absolute atomic E-state index is 12.8. The van der Waals surface area contributed by atoms with E-state index < -0.39 is 0 Å². The van der Waals surface area contributed by atoms with Crippen molar-refractivity contribution in [3.63, 3.8) is 0 Å². The van der Waals surface area contributed by atoms with Crippen molar-refractivity contribution < 1.29 is 19.0 Å². The van der Waals surface area contributed by atoms with Crippen molar-refractivity contribution >= 4 is 0 Å². The Morgan fingerprint density at radius 3 is 2.68 bits per heavy atom. The van der Waals surface area contributed by atoms with E-state index in [1.807, 2.05) is 0 Å². The molecule has 2 fully saturated rings. The number of benzene rings is 1. The van der Waals surface area contributed by atoms with Crippen molar-refractivity contribution in [2.24, 2.45) is 0 Å². The first kappa shape index (κ1) is 15.7. The summed E-state index contributed by atoms with van der Waals surface area (Å²) in [6.45, 7) is 4.03. The minimum atomic E-state index is -0.320. The Bertz CT molecular complexity index is 471. The molecule has 22 heavy (non-hydrogen) atoms. The lowest BCUT2D eigenvalue weighted by molar-refractivity contribution is -0.177. The number of piperidine rings is 1. The number of aliphatic hydroxyl groups excluding tert-OH is 1. The standard InChI is InChI=1S/C17H24FNO3/c18-14-3-5-15(6-4-14)21-13-11-19-9-7-17(8-10-19)16(20)2-1-12-22-17/h3-6,16,20H,1-2,7-13H2/t16-/m1/s1. The van der Waals surface area contributed by atoms with Gasteiger partial charge in [-0.15, -0.1) is 0 Å². The lowest BCUT2D eigenvalue weighted by atomic mass is 9.82. The normalized spacial score (nSPS) is 25.3. The lowest BCUT2D eigenvalue weighted by Crippen LogP contribution is -2.55. The van der Waals surface area contributed by atoms with E-state index in [-0.39, 0.29) is 17.5 Å². The van der Waals surface area contributed by atoms with Gasteiger partial charge in [0.25, 0.3) is 0 Å². The number of ether oxygens (including phenoxy) is 2. The second kappa shape index (κ2) is 6.94. The molecule has 1 aromatic rings. The molecule has 4 nitrogen and oxygen atoms in total. The SMILES string of the molecule is O[C@@H]1CCCOC12CCN(CCOc1ccc(F)cc1)CC2. The van der Waals surface area contributed by atoms with Crippen LogP contribution in [0.3, 0.4) is 0 Å². The molecule has 2 heterocycles. The molecule has 122 valence electrons. The summed E-state index contributed by atoms with van der Waals surface area (Å²) in [4.78, 5) is 2.33. The van der Waals surface area contributed by atoms with Gasteiger partial charge in [0.2, 0.25) is 0 Å². The van der Waals surface area contributed by atoms with Gasteiger partial charge in [0, 0.05) is 26.2 Å². The fourth-order valence-electron chi connectivity index (χ4n) is 3.37. The van der Waals surface area contributed by atoms with E-state index in [4.69, 9.17) is 9.47 Å². The van der Waals surface area contributed by atoms with Crippen molar-refractivity contribution in [3.05, 3.63) is 30.1 Å². The van der Waals surface area contributed by atoms with Crippen LogP contribution >= 0.6 is 0 Å². The van der Waals surface area contributed by atoms with Crippen molar-refractivity contribution in [2.75, 3.05) is 32.8 Å². The minimum Gasteiger partial charge on any atom is -0.492 e. The van der Waals surface area contributed by atoms with Gasteiger partial charge in [-0.1, -0.05) is 0 Å². The number of nitrogens with zero attached hydrogens (tertiary/aromatic N) is 1. The average molecular weight is 309 g/mol. The quantitative estimate of drug-likeness (QED) is 0.926. The monoisotopic (exact) mass is 309 g/mol. The molecule has 3 rings (SSSR count). The molecule has 0 amide bonds. The largest absolute Gasteiger partial charge is 0.492 e. The number of aliphatic hydroxyl groups is 1. The molecule has 1 N–H and O–H groups in total. The molecule has 2 aliphatic rings. The molecular weight excluding hydrogens is 285 g/mol. The first-order valence-corrected chi connectivity index (χ1v) is 8.11. The third kappa shape index (κ3) is 3.59. The zero-order valence-electron chi connectivity index (χ0n) is 12.8. The van der Waals surface area contributed by atoms with Crippen LogP contribution in [-0.4, -0.2) is 54.6 Å². The highest BCUT2D eigenvalue weighted by molar-refractivity contribution is 5.21. The highest BCUT2D eigenvalue weighted by Crippen LogP contribution is 2.35. The molecule has 5 heteroatoms. The fourth-order valence-corrected chi connectivity index (χ4v) is 3.37. The summed E-state index contributed by atoms with van der Waals surface area (Å²) in [6.07, 6.45) is 3.25. The Morgan fingerprint density at radius 2 is 2.00 bits per heavy atom. The summed E-state index contributed by atoms with van der Waals surface area (Å²) in [5.41, 5.74) is -0.313. The van der Waals surface area contributed by atoms with Gasteiger partial charge in [-0.25, -0.2) is 4.39 Å². The van der Waals surface area contributed by atoms with Gasteiger partial charge < -0.3 is 14.6 Å². The topological polar surface area (TPSA) is 41.9 Å². The maximum atomic E-state index is 12.8. The van der Waals surface area contributed by atoms with E-state index in [0.717, 1.165) is 51.9 Å². The van der Waals surface area contributed by atoms with E-state index >= 15 is 0 Å². The van der Waals surface area contributed by atoms with Crippen LogP contribution < -0.4 is 4.74 Å². The molecule has 0 unspecified atom stereocenters. The minimum absolute atomic E-state index is 0.250. The summed E-state index contributed by atoms with van der Waals surface area (Å²) < 4.78 is 24.4. The fraction of sp³-hybridized carbons (Fsp3) is 0.647. The molecule has 2 aliphatic heterocycles. The van der Waals surface area contributed by atoms with Crippen molar-refractivity contribution in [1.29, 1.82) is 0 Å². The molecule has 2 saturated heterocycles. The Morgan fingerprint density at radius 1 is 1.27 bits per heavy atom. The van der Waals surface area contributed by atoms with Gasteiger partial charge in [0.15, 0.2) is 0 Å². The molecule has 1 aromatic carbocycles. The number of likely N-dealkylation sites (tertiary alicyclic amines) is 1. The molecule has 0 aromatic heterocycles. The molecular formula is C17H24FNO3. The van der Waals surface area contributed by atoms with Crippen molar-refractivity contribution in [3.8, 4) is 5.75 Å². The van der Waals surface area contributed by atoms with Crippen LogP contribution in [0.2, 0.25) is 0 Å². The van der Waals surface area contributed by atoms with Gasteiger partial charge >= 0.3 is 0 Å². The zero-order valence-corrected chi connectivity index (χ0v) is 12.8. The van der Waals surface area contributed by atoms with E-state index in [9.17, 15) is 9.50 Å². The predicted octanol–water partition coefficient (Wildman–Crippen LogP) is 2.21. The highest BCUT2D eigenvalue weighted by atomic mass is 19.1. The highest BCUT2D eigenvalue weighted by Gasteiger charge is 2.43. The van der Waals surface area contributed by atoms with E-state index in [1.54, 1.807) is 12.1 Å². The van der Waals surface area contributed by atoms with Gasteiger partial charge in [0.05, 0.1) is 11.7 Å². The molecule has 0 saturated carbocycles. The van der Waals surface area contributed by atoms with Gasteiger partial charge in [-0.05, 0) is 49.9 Å². The first-order chi connectivity index (χ1) is 10.7. The van der Waals surface area contributed by atoms with Crippen LogP contribution in [-0.2, 0) is 4.74 Å². The first-order valence-electron chi connectivity index (χ1n) is 8.11. The van der Waals surface area contributed by atoms with E-state index in [1.165, 1.54) is 12.1 Å². The number of hydrogen-bond acceptors (Lipinski definition) is 4. The van der Waals surface area contributed by atoms with Crippen molar-refractivity contribution in [2.45, 2.75) is 37.4 Å². The van der Waals surface area contributed by atoms with Gasteiger partial charge in [-0.3, -0.25) is 4.90 Å². The summed E-state index contributed by atoms with van der Waals surface area (Å²) in [5, 5.41) is 10.2. The van der Waals surface area contributed by atoms with Gasteiger partial charge in [-0.2, -0.15) is 0 Å². The zero-order chi connectivity index (χ0) is 15.4. The van der Waals surface area contributed by atoms with Crippen LogP contribution in [0.15, 0.2) is 24.3 Å². The Kier molecular flexibility index (Phi) is 4.96. The maximum Gasteiger partial charge on any atom is 0.123 e. The Labute approximate surface area is 130 Å².